The molecule has 10 aromatic carbocycles. The Labute approximate surface area is 538 Å². The van der Waals surface area contributed by atoms with Gasteiger partial charge in [0.25, 0.3) is 0 Å². The van der Waals surface area contributed by atoms with Crippen molar-refractivity contribution in [3.8, 4) is 119 Å². The molecule has 0 N–H and O–H groups in total. The molecule has 0 spiro atoms. The van der Waals surface area contributed by atoms with Gasteiger partial charge >= 0.3 is 6.18 Å². The highest BCUT2D eigenvalue weighted by Crippen LogP contribution is 2.47. The Morgan fingerprint density at radius 1 is 0.319 bits per heavy atom. The second kappa shape index (κ2) is 23.2. The number of nitriles is 1. The molecule has 6 aromatic heterocycles. The number of alkyl halides is 3. The number of benzene rings is 10. The van der Waals surface area contributed by atoms with E-state index in [1.165, 1.54) is 6.07 Å². The lowest BCUT2D eigenvalue weighted by Gasteiger charge is -2.22. The van der Waals surface area contributed by atoms with Crippen LogP contribution in [0.4, 0.5) is 18.9 Å². The van der Waals surface area contributed by atoms with Crippen molar-refractivity contribution < 1.29 is 13.2 Å². The van der Waals surface area contributed by atoms with Crippen LogP contribution in [0, 0.1) is 17.9 Å². The molecule has 0 atom stereocenters. The summed E-state index contributed by atoms with van der Waals surface area (Å²) in [7, 11) is 0. The first-order chi connectivity index (χ1) is 46.1. The average Bonchev–Trinajstić information content (AvgIpc) is 1.54. The first kappa shape index (κ1) is 56.4. The maximum atomic E-state index is 15.5. The van der Waals surface area contributed by atoms with E-state index in [1.54, 1.807) is 12.1 Å². The summed E-state index contributed by atoms with van der Waals surface area (Å²) in [5.74, 6) is 0. The quantitative estimate of drug-likeness (QED) is 0.120. The third-order valence-corrected chi connectivity index (χ3v) is 17.4. The number of hydrogen-bond acceptors (Lipinski definition) is 5. The third kappa shape index (κ3) is 10.3. The topological polar surface area (TPSA) is 89.6 Å². The van der Waals surface area contributed by atoms with Gasteiger partial charge in [-0.25, -0.2) is 24.8 Å². The Hall–Kier alpha value is -12.8. The lowest BCUT2D eigenvalue weighted by molar-refractivity contribution is -0.137. The smallest absolute Gasteiger partial charge is 0.308 e. The van der Waals surface area contributed by atoms with E-state index in [-0.39, 0.29) is 16.8 Å². The zero-order valence-electron chi connectivity index (χ0n) is 50.0. The highest BCUT2D eigenvalue weighted by molar-refractivity contribution is 6.14. The summed E-state index contributed by atoms with van der Waals surface area (Å²) in [5, 5.41) is 14.7. The zero-order valence-corrected chi connectivity index (χ0v) is 50.0. The monoisotopic (exact) mass is 1210 g/mol. The molecule has 0 aliphatic heterocycles. The molecule has 0 bridgehead atoms. The highest BCUT2D eigenvalue weighted by Gasteiger charge is 2.33. The van der Waals surface area contributed by atoms with E-state index in [1.807, 2.05) is 252 Å². The summed E-state index contributed by atoms with van der Waals surface area (Å²) in [4.78, 5) is 24.4. The number of aromatic nitrogens is 6. The van der Waals surface area contributed by atoms with Crippen molar-refractivity contribution in [2.75, 3.05) is 0 Å². The Morgan fingerprint density at radius 2 is 0.617 bits per heavy atom. The van der Waals surface area contributed by atoms with Crippen molar-refractivity contribution in [1.82, 2.24) is 29.1 Å². The maximum absolute atomic E-state index is 15.5. The first-order valence-electron chi connectivity index (χ1n) is 30.6. The minimum Gasteiger partial charge on any atom is -0.308 e. The third-order valence-electron chi connectivity index (χ3n) is 17.4. The summed E-state index contributed by atoms with van der Waals surface area (Å²) < 4.78 is 50.6. The molecule has 94 heavy (non-hydrogen) atoms. The van der Waals surface area contributed by atoms with Gasteiger partial charge in [-0.15, -0.1) is 0 Å². The van der Waals surface area contributed by atoms with Gasteiger partial charge < -0.3 is 9.13 Å². The van der Waals surface area contributed by atoms with Crippen LogP contribution >= 0.6 is 0 Å². The molecule has 8 nitrogen and oxygen atoms in total. The molecule has 16 rings (SSSR count). The zero-order chi connectivity index (χ0) is 63.4. The van der Waals surface area contributed by atoms with Gasteiger partial charge in [0.15, 0.2) is 5.69 Å². The van der Waals surface area contributed by atoms with Crippen LogP contribution in [-0.2, 0) is 6.18 Å². The van der Waals surface area contributed by atoms with Crippen LogP contribution < -0.4 is 0 Å². The first-order valence-corrected chi connectivity index (χ1v) is 30.6. The van der Waals surface area contributed by atoms with E-state index < -0.39 is 11.7 Å². The van der Waals surface area contributed by atoms with Crippen molar-refractivity contribution in [2.24, 2.45) is 0 Å². The molecular formula is C83H49F3N8. The molecule has 6 heterocycles. The van der Waals surface area contributed by atoms with Gasteiger partial charge in [0, 0.05) is 77.2 Å². The number of rotatable bonds is 11. The molecule has 16 aromatic rings. The standard InChI is InChI=1S/C83H49F3N8/c1-88-63-45-61(44-62(50-63)83(84,85)86)82-80(93-76-38-34-57(72-30-14-26-68(89-72)53-18-6-2-7-19-53)46-64(76)65-47-58(35-39-77(65)93)73-31-15-27-69(90-73)54-20-8-3-9-21-54)42-52(51-87)43-81(82)94-78-40-36-59(74-32-16-28-70(91-74)55-22-10-4-11-23-55)48-66(78)67-49-60(37-41-79(67)94)75-33-17-29-71(92-75)56-24-12-5-13-25-56/h2-50H. The number of pyridine rings is 4. The van der Waals surface area contributed by atoms with Crippen LogP contribution in [-0.4, -0.2) is 29.1 Å². The molecule has 0 saturated heterocycles. The summed E-state index contributed by atoms with van der Waals surface area (Å²) in [6.07, 6.45) is -4.84. The molecule has 0 fully saturated rings. The molecule has 11 heteroatoms. The van der Waals surface area contributed by atoms with Gasteiger partial charge in [0.1, 0.15) is 0 Å². The fourth-order valence-corrected chi connectivity index (χ4v) is 13.0. The predicted octanol–water partition coefficient (Wildman–Crippen LogP) is 21.9. The molecule has 0 unspecified atom stereocenters. The summed E-state index contributed by atoms with van der Waals surface area (Å²) in [5.41, 5.74) is 16.5. The van der Waals surface area contributed by atoms with E-state index >= 15 is 13.2 Å². The van der Waals surface area contributed by atoms with Crippen LogP contribution in [0.3, 0.4) is 0 Å². The Bertz CT molecular complexity index is 5160. The van der Waals surface area contributed by atoms with Crippen LogP contribution in [0.25, 0.3) is 161 Å². The number of hydrogen-bond donors (Lipinski definition) is 0. The molecular weight excluding hydrogens is 1170 g/mol. The minimum atomic E-state index is -4.84. The van der Waals surface area contributed by atoms with Crippen molar-refractivity contribution in [1.29, 1.82) is 5.26 Å². The molecule has 0 aliphatic carbocycles. The normalized spacial score (nSPS) is 11.5. The van der Waals surface area contributed by atoms with E-state index in [4.69, 9.17) is 26.5 Å². The molecule has 0 saturated carbocycles. The van der Waals surface area contributed by atoms with Crippen LogP contribution in [0.15, 0.2) is 297 Å². The van der Waals surface area contributed by atoms with Crippen LogP contribution in [0.2, 0.25) is 0 Å². The lowest BCUT2D eigenvalue weighted by atomic mass is 9.95. The van der Waals surface area contributed by atoms with Crippen LogP contribution in [0.5, 0.6) is 0 Å². The van der Waals surface area contributed by atoms with Crippen molar-refractivity contribution in [3.05, 3.63) is 320 Å². The second-order valence-electron chi connectivity index (χ2n) is 23.1. The number of halogens is 3. The van der Waals surface area contributed by atoms with Crippen molar-refractivity contribution in [3.63, 3.8) is 0 Å². The Kier molecular flexibility index (Phi) is 13.9. The van der Waals surface area contributed by atoms with Gasteiger partial charge in [-0.2, -0.15) is 18.4 Å². The van der Waals surface area contributed by atoms with Gasteiger partial charge in [0.05, 0.1) is 97.2 Å². The van der Waals surface area contributed by atoms with Crippen molar-refractivity contribution in [2.45, 2.75) is 6.18 Å². The van der Waals surface area contributed by atoms with E-state index in [0.717, 1.165) is 124 Å². The summed E-state index contributed by atoms with van der Waals surface area (Å²) in [6.45, 7) is 8.28. The fraction of sp³-hybridized carbons (Fsp3) is 0.0120. The highest BCUT2D eigenvalue weighted by atomic mass is 19.4. The second-order valence-corrected chi connectivity index (χ2v) is 23.1. The van der Waals surface area contributed by atoms with E-state index in [9.17, 15) is 5.26 Å². The summed E-state index contributed by atoms with van der Waals surface area (Å²) in [6, 6.07) is 97.8. The van der Waals surface area contributed by atoms with E-state index in [2.05, 4.69) is 35.2 Å². The largest absolute Gasteiger partial charge is 0.415 e. The minimum absolute atomic E-state index is 0.120. The van der Waals surface area contributed by atoms with Gasteiger partial charge in [-0.3, -0.25) is 0 Å². The Morgan fingerprint density at radius 3 is 0.894 bits per heavy atom. The maximum Gasteiger partial charge on any atom is 0.415 e. The molecule has 0 radical (unpaired) electrons. The Balaban J connectivity index is 0.985. The van der Waals surface area contributed by atoms with Crippen molar-refractivity contribution >= 4 is 49.3 Å². The molecule has 0 aliphatic rings. The van der Waals surface area contributed by atoms with E-state index in [0.29, 0.717) is 39.0 Å². The fourth-order valence-electron chi connectivity index (χ4n) is 13.0. The number of nitrogens with zero attached hydrogens (tertiary/aromatic N) is 8. The summed E-state index contributed by atoms with van der Waals surface area (Å²) >= 11 is 0. The van der Waals surface area contributed by atoms with Gasteiger partial charge in [-0.1, -0.05) is 170 Å². The number of fused-ring (bicyclic) bond motifs is 6. The SMILES string of the molecule is [C-]#[N+]c1cc(-c2c(-n3c4ccc(-c5cccc(-c6ccccc6)n5)cc4c4cc(-c5cccc(-c6ccccc6)n5)ccc43)cc(C#N)cc2-n2c3ccc(-c4cccc(-c5ccccc5)n4)cc3c3cc(-c4cccc(-c5ccccc5)n4)ccc32)cc(C(F)(F)F)c1. The molecule has 0 amide bonds. The predicted molar refractivity (Wildman–Crippen MR) is 371 cm³/mol. The average molecular weight is 1220 g/mol. The van der Waals surface area contributed by atoms with Crippen LogP contribution in [0.1, 0.15) is 11.1 Å². The lowest BCUT2D eigenvalue weighted by Crippen LogP contribution is -2.07. The van der Waals surface area contributed by atoms with Gasteiger partial charge in [-0.05, 0) is 133 Å². The van der Waals surface area contributed by atoms with Gasteiger partial charge in [0.2, 0.25) is 0 Å². The molecule has 442 valence electrons.